The number of nitrogens with one attached hydrogen (secondary N) is 1. The Morgan fingerprint density at radius 2 is 1.90 bits per heavy atom. The van der Waals surface area contributed by atoms with E-state index < -0.39 is 0 Å². The van der Waals surface area contributed by atoms with E-state index in [0.717, 1.165) is 11.1 Å². The lowest BCUT2D eigenvalue weighted by atomic mass is 10.1. The average Bonchev–Trinajstić information content (AvgIpc) is 2.52. The van der Waals surface area contributed by atoms with Crippen molar-refractivity contribution in [1.29, 1.82) is 0 Å². The molecule has 2 aromatic rings. The lowest BCUT2D eigenvalue weighted by molar-refractivity contribution is 0.0948. The molecule has 0 bridgehead atoms. The lowest BCUT2D eigenvalue weighted by Crippen LogP contribution is -2.23. The predicted molar refractivity (Wildman–Crippen MR) is 76.5 cm³/mol. The molecule has 2 aromatic carbocycles. The largest absolute Gasteiger partial charge is 0.496 e. The van der Waals surface area contributed by atoms with Crippen molar-refractivity contribution in [3.05, 3.63) is 65.2 Å². The topological polar surface area (TPSA) is 58.6 Å². The molecule has 4 heteroatoms. The lowest BCUT2D eigenvalue weighted by Gasteiger charge is -2.09. The summed E-state index contributed by atoms with van der Waals surface area (Å²) < 4.78 is 5.16. The Morgan fingerprint density at radius 3 is 2.65 bits per heavy atom. The van der Waals surface area contributed by atoms with E-state index in [1.807, 2.05) is 30.3 Å². The Kier molecular flexibility index (Phi) is 4.74. The number of aliphatic hydroxyl groups excluding tert-OH is 1. The van der Waals surface area contributed by atoms with Gasteiger partial charge in [0.25, 0.3) is 5.91 Å². The minimum absolute atomic E-state index is 0.00566. The first-order valence-corrected chi connectivity index (χ1v) is 6.34. The van der Waals surface area contributed by atoms with E-state index >= 15 is 0 Å². The summed E-state index contributed by atoms with van der Waals surface area (Å²) in [5.74, 6) is 0.367. The molecule has 1 amide bonds. The second-order valence-electron chi connectivity index (χ2n) is 4.36. The third-order valence-electron chi connectivity index (χ3n) is 2.98. The summed E-state index contributed by atoms with van der Waals surface area (Å²) in [5.41, 5.74) is 2.28. The predicted octanol–water partition coefficient (Wildman–Crippen LogP) is 2.12. The number of hydrogen-bond donors (Lipinski definition) is 2. The van der Waals surface area contributed by atoms with E-state index in [9.17, 15) is 4.79 Å². The molecule has 0 radical (unpaired) electrons. The molecule has 0 spiro atoms. The molecule has 0 aromatic heterocycles. The highest BCUT2D eigenvalue weighted by Crippen LogP contribution is 2.17. The maximum Gasteiger partial charge on any atom is 0.255 e. The molecule has 0 atom stereocenters. The smallest absolute Gasteiger partial charge is 0.255 e. The van der Waals surface area contributed by atoms with E-state index in [4.69, 9.17) is 9.84 Å². The second kappa shape index (κ2) is 6.73. The molecule has 0 aliphatic rings. The fourth-order valence-electron chi connectivity index (χ4n) is 1.95. The minimum atomic E-state index is -0.183. The Morgan fingerprint density at radius 1 is 1.15 bits per heavy atom. The van der Waals surface area contributed by atoms with Crippen molar-refractivity contribution >= 4 is 5.91 Å². The van der Waals surface area contributed by atoms with Gasteiger partial charge >= 0.3 is 0 Å². The zero-order valence-corrected chi connectivity index (χ0v) is 11.3. The van der Waals surface area contributed by atoms with Crippen LogP contribution in [0.25, 0.3) is 0 Å². The summed E-state index contributed by atoms with van der Waals surface area (Å²) in [6.07, 6.45) is 0. The molecular formula is C16H17NO3. The van der Waals surface area contributed by atoms with Gasteiger partial charge in [0.15, 0.2) is 0 Å². The number of rotatable bonds is 5. The fraction of sp³-hybridized carbons (Fsp3) is 0.188. The monoisotopic (exact) mass is 271 g/mol. The molecule has 2 rings (SSSR count). The molecule has 0 saturated carbocycles. The Labute approximate surface area is 118 Å². The number of ether oxygens (including phenoxy) is 1. The van der Waals surface area contributed by atoms with Crippen LogP contribution in [0.4, 0.5) is 0 Å². The first-order valence-electron chi connectivity index (χ1n) is 6.34. The molecule has 0 aliphatic carbocycles. The minimum Gasteiger partial charge on any atom is -0.496 e. The van der Waals surface area contributed by atoms with Crippen molar-refractivity contribution in [3.8, 4) is 5.75 Å². The number of amides is 1. The average molecular weight is 271 g/mol. The van der Waals surface area contributed by atoms with Gasteiger partial charge < -0.3 is 15.2 Å². The summed E-state index contributed by atoms with van der Waals surface area (Å²) in [6.45, 7) is 0.402. The van der Waals surface area contributed by atoms with Crippen molar-refractivity contribution in [2.45, 2.75) is 13.2 Å². The number of aliphatic hydroxyl groups is 1. The Hall–Kier alpha value is -2.33. The summed E-state index contributed by atoms with van der Waals surface area (Å²) in [7, 11) is 1.54. The SMILES string of the molecule is COc1ccccc1C(=O)NCc1cccc(CO)c1. The number of carbonyl (C=O) groups is 1. The standard InChI is InChI=1S/C16H17NO3/c1-20-15-8-3-2-7-14(15)16(19)17-10-12-5-4-6-13(9-12)11-18/h2-9,18H,10-11H2,1H3,(H,17,19). The highest BCUT2D eigenvalue weighted by atomic mass is 16.5. The summed E-state index contributed by atoms with van der Waals surface area (Å²) in [5, 5.41) is 11.9. The van der Waals surface area contributed by atoms with Crippen molar-refractivity contribution < 1.29 is 14.6 Å². The molecule has 2 N–H and O–H groups in total. The van der Waals surface area contributed by atoms with Crippen LogP contribution in [0.2, 0.25) is 0 Å². The molecule has 0 aliphatic heterocycles. The normalized spacial score (nSPS) is 10.1. The summed E-state index contributed by atoms with van der Waals surface area (Å²) >= 11 is 0. The van der Waals surface area contributed by atoms with Crippen molar-refractivity contribution in [3.63, 3.8) is 0 Å². The Bertz CT molecular complexity index is 596. The van der Waals surface area contributed by atoms with Crippen LogP contribution in [-0.2, 0) is 13.2 Å². The summed E-state index contributed by atoms with van der Waals surface area (Å²) in [6, 6.07) is 14.6. The zero-order chi connectivity index (χ0) is 14.4. The molecule has 0 unspecified atom stereocenters. The van der Waals surface area contributed by atoms with Crippen LogP contribution in [0, 0.1) is 0 Å². The van der Waals surface area contributed by atoms with Gasteiger partial charge in [0, 0.05) is 6.54 Å². The number of carbonyl (C=O) groups excluding carboxylic acids is 1. The van der Waals surface area contributed by atoms with Gasteiger partial charge in [-0.1, -0.05) is 36.4 Å². The molecule has 4 nitrogen and oxygen atoms in total. The zero-order valence-electron chi connectivity index (χ0n) is 11.3. The van der Waals surface area contributed by atoms with Gasteiger partial charge in [-0.15, -0.1) is 0 Å². The molecule has 104 valence electrons. The van der Waals surface area contributed by atoms with Gasteiger partial charge in [0.1, 0.15) is 5.75 Å². The van der Waals surface area contributed by atoms with Gasteiger partial charge in [-0.2, -0.15) is 0 Å². The molecule has 0 saturated heterocycles. The maximum atomic E-state index is 12.1. The van der Waals surface area contributed by atoms with Crippen LogP contribution < -0.4 is 10.1 Å². The van der Waals surface area contributed by atoms with Gasteiger partial charge in [-0.3, -0.25) is 4.79 Å². The van der Waals surface area contributed by atoms with Gasteiger partial charge in [0.2, 0.25) is 0 Å². The number of methoxy groups -OCH3 is 1. The molecule has 0 fully saturated rings. The first kappa shape index (κ1) is 14.1. The van der Waals surface area contributed by atoms with Gasteiger partial charge in [0.05, 0.1) is 19.3 Å². The number of para-hydroxylation sites is 1. The van der Waals surface area contributed by atoms with Crippen LogP contribution >= 0.6 is 0 Å². The molecule has 0 heterocycles. The summed E-state index contributed by atoms with van der Waals surface area (Å²) in [4.78, 5) is 12.1. The third-order valence-corrected chi connectivity index (χ3v) is 2.98. The van der Waals surface area contributed by atoms with Crippen LogP contribution in [0.1, 0.15) is 21.5 Å². The molecular weight excluding hydrogens is 254 g/mol. The second-order valence-corrected chi connectivity index (χ2v) is 4.36. The van der Waals surface area contributed by atoms with E-state index in [2.05, 4.69) is 5.32 Å². The van der Waals surface area contributed by atoms with E-state index in [0.29, 0.717) is 17.9 Å². The highest BCUT2D eigenvalue weighted by Gasteiger charge is 2.10. The Balaban J connectivity index is 2.04. The number of hydrogen-bond acceptors (Lipinski definition) is 3. The van der Waals surface area contributed by atoms with Crippen molar-refractivity contribution in [2.24, 2.45) is 0 Å². The van der Waals surface area contributed by atoms with Gasteiger partial charge in [-0.05, 0) is 23.3 Å². The van der Waals surface area contributed by atoms with Crippen molar-refractivity contribution in [2.75, 3.05) is 7.11 Å². The van der Waals surface area contributed by atoms with Gasteiger partial charge in [-0.25, -0.2) is 0 Å². The third kappa shape index (κ3) is 3.36. The van der Waals surface area contributed by atoms with Crippen LogP contribution in [0.15, 0.2) is 48.5 Å². The fourth-order valence-corrected chi connectivity index (χ4v) is 1.95. The van der Waals surface area contributed by atoms with Crippen LogP contribution in [0.3, 0.4) is 0 Å². The van der Waals surface area contributed by atoms with E-state index in [-0.39, 0.29) is 12.5 Å². The van der Waals surface area contributed by atoms with E-state index in [1.165, 1.54) is 7.11 Å². The van der Waals surface area contributed by atoms with Crippen LogP contribution in [0.5, 0.6) is 5.75 Å². The van der Waals surface area contributed by atoms with E-state index in [1.54, 1.807) is 18.2 Å². The van der Waals surface area contributed by atoms with Crippen molar-refractivity contribution in [1.82, 2.24) is 5.32 Å². The number of benzene rings is 2. The molecule has 20 heavy (non-hydrogen) atoms. The first-order chi connectivity index (χ1) is 9.74. The van der Waals surface area contributed by atoms with Crippen LogP contribution in [-0.4, -0.2) is 18.1 Å². The maximum absolute atomic E-state index is 12.1. The quantitative estimate of drug-likeness (QED) is 0.875. The highest BCUT2D eigenvalue weighted by molar-refractivity contribution is 5.96.